The average Bonchev–Trinajstić information content (AvgIpc) is 3.26. The van der Waals surface area contributed by atoms with E-state index in [0.717, 1.165) is 12.8 Å². The van der Waals surface area contributed by atoms with Crippen molar-refractivity contribution in [3.05, 3.63) is 23.9 Å². The molecule has 2 N–H and O–H groups in total. The number of halogens is 4. The lowest BCUT2D eigenvalue weighted by Gasteiger charge is -2.17. The minimum Gasteiger partial charge on any atom is -0.468 e. The number of hydrogen-bond donors (Lipinski definition) is 1. The molecule has 1 heterocycles. The Morgan fingerprint density at radius 2 is 2.18 bits per heavy atom. The van der Waals surface area contributed by atoms with Gasteiger partial charge in [-0.05, 0) is 18.9 Å². The Morgan fingerprint density at radius 3 is 2.77 bits per heavy atom. The zero-order valence-electron chi connectivity index (χ0n) is 12.0. The fraction of sp³-hybridized carbons (Fsp3) is 0.538. The zero-order valence-corrected chi connectivity index (χ0v) is 14.3. The lowest BCUT2D eigenvalue weighted by molar-refractivity contribution is -0.154. The van der Waals surface area contributed by atoms with Crippen molar-refractivity contribution in [1.29, 1.82) is 0 Å². The van der Waals surface area contributed by atoms with Crippen LogP contribution in [0.15, 0.2) is 23.3 Å². The first-order chi connectivity index (χ1) is 9.87. The number of rotatable bonds is 5. The molecule has 124 valence electrons. The molecule has 0 atom stereocenters. The van der Waals surface area contributed by atoms with E-state index in [2.05, 4.69) is 9.98 Å². The highest BCUT2D eigenvalue weighted by molar-refractivity contribution is 14.0. The van der Waals surface area contributed by atoms with Gasteiger partial charge < -0.3 is 15.4 Å². The molecule has 0 amide bonds. The molecule has 1 aliphatic carbocycles. The standard InChI is InChI=1S/C13H17F3N4O.HI/c1-20(10-4-5-10)12(17)19-7-9-3-2-6-18-11(9)21-8-13(14,15)16;/h2-3,6,10H,4-5,7-8H2,1H3,(H2,17,19);1H. The third kappa shape index (κ3) is 5.85. The highest BCUT2D eigenvalue weighted by Gasteiger charge is 2.29. The normalized spacial score (nSPS) is 15.2. The van der Waals surface area contributed by atoms with E-state index in [0.29, 0.717) is 17.6 Å². The molecular weight excluding hydrogens is 412 g/mol. The molecule has 0 bridgehead atoms. The maximum absolute atomic E-state index is 12.2. The molecule has 0 unspecified atom stereocenters. The van der Waals surface area contributed by atoms with Gasteiger partial charge in [0, 0.05) is 24.8 Å². The van der Waals surface area contributed by atoms with Crippen molar-refractivity contribution in [3.8, 4) is 5.88 Å². The van der Waals surface area contributed by atoms with Crippen LogP contribution in [0.1, 0.15) is 18.4 Å². The first-order valence-corrected chi connectivity index (χ1v) is 6.53. The zero-order chi connectivity index (χ0) is 15.5. The Kier molecular flexibility index (Phi) is 6.69. The van der Waals surface area contributed by atoms with Crippen LogP contribution >= 0.6 is 24.0 Å². The van der Waals surface area contributed by atoms with E-state index in [4.69, 9.17) is 10.5 Å². The van der Waals surface area contributed by atoms with Gasteiger partial charge in [-0.15, -0.1) is 24.0 Å². The smallest absolute Gasteiger partial charge is 0.422 e. The number of pyridine rings is 1. The summed E-state index contributed by atoms with van der Waals surface area (Å²) in [5.41, 5.74) is 6.30. The van der Waals surface area contributed by atoms with Crippen molar-refractivity contribution in [3.63, 3.8) is 0 Å². The first kappa shape index (κ1) is 18.8. The number of guanidine groups is 1. The second kappa shape index (κ2) is 7.84. The van der Waals surface area contributed by atoms with Crippen LogP contribution in [0.2, 0.25) is 0 Å². The predicted octanol–water partition coefficient (Wildman–Crippen LogP) is 2.55. The van der Waals surface area contributed by atoms with Crippen molar-refractivity contribution in [2.24, 2.45) is 10.7 Å². The largest absolute Gasteiger partial charge is 0.468 e. The van der Waals surface area contributed by atoms with Gasteiger partial charge in [0.25, 0.3) is 0 Å². The molecule has 1 fully saturated rings. The SMILES string of the molecule is CN(C(N)=NCc1cccnc1OCC(F)(F)F)C1CC1.I. The molecule has 1 aromatic heterocycles. The summed E-state index contributed by atoms with van der Waals surface area (Å²) in [6.45, 7) is -1.25. The van der Waals surface area contributed by atoms with E-state index in [9.17, 15) is 13.2 Å². The maximum Gasteiger partial charge on any atom is 0.422 e. The summed E-state index contributed by atoms with van der Waals surface area (Å²) in [6.07, 6.45) is -0.860. The average molecular weight is 430 g/mol. The van der Waals surface area contributed by atoms with E-state index in [1.54, 1.807) is 12.1 Å². The second-order valence-corrected chi connectivity index (χ2v) is 4.89. The van der Waals surface area contributed by atoms with Gasteiger partial charge in [0.15, 0.2) is 12.6 Å². The van der Waals surface area contributed by atoms with Gasteiger partial charge in [-0.1, -0.05) is 6.07 Å². The third-order valence-electron chi connectivity index (χ3n) is 3.09. The van der Waals surface area contributed by atoms with Gasteiger partial charge in [-0.3, -0.25) is 0 Å². The van der Waals surface area contributed by atoms with Crippen LogP contribution < -0.4 is 10.5 Å². The Hall–Kier alpha value is -1.26. The molecule has 0 aromatic carbocycles. The predicted molar refractivity (Wildman–Crippen MR) is 87.3 cm³/mol. The lowest BCUT2D eigenvalue weighted by Crippen LogP contribution is -2.35. The van der Waals surface area contributed by atoms with E-state index < -0.39 is 12.8 Å². The summed E-state index contributed by atoms with van der Waals surface area (Å²) < 4.78 is 41.2. The lowest BCUT2D eigenvalue weighted by atomic mass is 10.3. The highest BCUT2D eigenvalue weighted by Crippen LogP contribution is 2.25. The van der Waals surface area contributed by atoms with Gasteiger partial charge in [0.05, 0.1) is 6.54 Å². The topological polar surface area (TPSA) is 63.7 Å². The number of nitrogens with two attached hydrogens (primary N) is 1. The van der Waals surface area contributed by atoms with Crippen LogP contribution in [0.4, 0.5) is 13.2 Å². The maximum atomic E-state index is 12.2. The summed E-state index contributed by atoms with van der Waals surface area (Å²) in [5.74, 6) is 0.295. The monoisotopic (exact) mass is 430 g/mol. The van der Waals surface area contributed by atoms with Crippen LogP contribution in [0, 0.1) is 0 Å². The molecule has 5 nitrogen and oxygen atoms in total. The van der Waals surface area contributed by atoms with Gasteiger partial charge in [-0.25, -0.2) is 9.98 Å². The number of ether oxygens (including phenoxy) is 1. The van der Waals surface area contributed by atoms with Gasteiger partial charge in [0.2, 0.25) is 5.88 Å². The van der Waals surface area contributed by atoms with Crippen molar-refractivity contribution < 1.29 is 17.9 Å². The number of nitrogens with zero attached hydrogens (tertiary/aromatic N) is 3. The van der Waals surface area contributed by atoms with Crippen molar-refractivity contribution in [1.82, 2.24) is 9.88 Å². The van der Waals surface area contributed by atoms with E-state index >= 15 is 0 Å². The fourth-order valence-electron chi connectivity index (χ4n) is 1.75. The van der Waals surface area contributed by atoms with Crippen LogP contribution in [0.5, 0.6) is 5.88 Å². The number of hydrogen-bond acceptors (Lipinski definition) is 3. The Morgan fingerprint density at radius 1 is 1.50 bits per heavy atom. The molecule has 0 saturated heterocycles. The molecule has 2 rings (SSSR count). The minimum absolute atomic E-state index is 0. The summed E-state index contributed by atoms with van der Waals surface area (Å²) in [4.78, 5) is 9.85. The van der Waals surface area contributed by atoms with E-state index in [1.165, 1.54) is 6.20 Å². The van der Waals surface area contributed by atoms with Crippen LogP contribution in [0.25, 0.3) is 0 Å². The number of aliphatic imine (C=N–C) groups is 1. The van der Waals surface area contributed by atoms with Crippen molar-refractivity contribution in [2.45, 2.75) is 31.6 Å². The highest BCUT2D eigenvalue weighted by atomic mass is 127. The Balaban J connectivity index is 0.00000242. The van der Waals surface area contributed by atoms with Gasteiger partial charge in [-0.2, -0.15) is 13.2 Å². The van der Waals surface area contributed by atoms with Gasteiger partial charge >= 0.3 is 6.18 Å². The van der Waals surface area contributed by atoms with Crippen LogP contribution in [0.3, 0.4) is 0 Å². The summed E-state index contributed by atoms with van der Waals surface area (Å²) in [6, 6.07) is 3.65. The molecule has 9 heteroatoms. The molecule has 1 saturated carbocycles. The third-order valence-corrected chi connectivity index (χ3v) is 3.09. The van der Waals surface area contributed by atoms with E-state index in [-0.39, 0.29) is 36.4 Å². The van der Waals surface area contributed by atoms with Crippen molar-refractivity contribution >= 4 is 29.9 Å². The molecule has 1 aliphatic rings. The van der Waals surface area contributed by atoms with E-state index in [1.807, 2.05) is 11.9 Å². The van der Waals surface area contributed by atoms with Gasteiger partial charge in [0.1, 0.15) is 0 Å². The second-order valence-electron chi connectivity index (χ2n) is 4.89. The molecule has 0 aliphatic heterocycles. The number of alkyl halides is 3. The van der Waals surface area contributed by atoms with Crippen LogP contribution in [-0.2, 0) is 6.54 Å². The summed E-state index contributed by atoms with van der Waals surface area (Å²) >= 11 is 0. The quantitative estimate of drug-likeness (QED) is 0.443. The Labute approximate surface area is 143 Å². The molecule has 22 heavy (non-hydrogen) atoms. The molecule has 0 radical (unpaired) electrons. The molecular formula is C13H18F3IN4O. The number of aromatic nitrogens is 1. The summed E-state index contributed by atoms with van der Waals surface area (Å²) in [7, 11) is 1.85. The summed E-state index contributed by atoms with van der Waals surface area (Å²) in [5, 5.41) is 0. The molecule has 0 spiro atoms. The van der Waals surface area contributed by atoms with Crippen molar-refractivity contribution in [2.75, 3.05) is 13.7 Å². The fourth-order valence-corrected chi connectivity index (χ4v) is 1.75. The first-order valence-electron chi connectivity index (χ1n) is 6.53. The Bertz CT molecular complexity index is 520. The molecule has 1 aromatic rings. The van der Waals surface area contributed by atoms with Crippen LogP contribution in [-0.4, -0.2) is 41.7 Å². The minimum atomic E-state index is -4.40.